The molecular weight excluding hydrogens is 285 g/mol. The van der Waals surface area contributed by atoms with Gasteiger partial charge in [0.2, 0.25) is 0 Å². The lowest BCUT2D eigenvalue weighted by atomic mass is 10.0. The number of fused-ring (bicyclic) bond motifs is 1. The summed E-state index contributed by atoms with van der Waals surface area (Å²) in [5.41, 5.74) is 1.44. The summed E-state index contributed by atoms with van der Waals surface area (Å²) in [6.45, 7) is 0.859. The fourth-order valence-corrected chi connectivity index (χ4v) is 3.52. The molecule has 0 aromatic heterocycles. The topological polar surface area (TPSA) is 24.1 Å². The smallest absolute Gasteiger partial charge is 0.369 e. The summed E-state index contributed by atoms with van der Waals surface area (Å²) in [4.78, 5) is 0. The molecule has 2 N–H and O–H groups in total. The number of hydrogen-bond acceptors (Lipinski definition) is 3. The van der Waals surface area contributed by atoms with Gasteiger partial charge >= 0.3 is 6.18 Å². The van der Waals surface area contributed by atoms with Crippen LogP contribution in [-0.2, 0) is 6.18 Å². The minimum absolute atomic E-state index is 0.108. The van der Waals surface area contributed by atoms with Crippen molar-refractivity contribution in [3.05, 3.63) is 47.2 Å². The van der Waals surface area contributed by atoms with Crippen molar-refractivity contribution in [3.8, 4) is 0 Å². The van der Waals surface area contributed by atoms with E-state index >= 15 is 0 Å². The highest BCUT2D eigenvalue weighted by molar-refractivity contribution is 7.99. The van der Waals surface area contributed by atoms with E-state index in [9.17, 15) is 13.2 Å². The summed E-state index contributed by atoms with van der Waals surface area (Å²) in [5, 5.41) is 6.73. The van der Waals surface area contributed by atoms with Gasteiger partial charge in [0.15, 0.2) is 0 Å². The van der Waals surface area contributed by atoms with Gasteiger partial charge in [0.05, 0.1) is 5.56 Å². The molecule has 3 rings (SSSR count). The number of benzene rings is 1. The Morgan fingerprint density at radius 2 is 1.90 bits per heavy atom. The lowest BCUT2D eigenvalue weighted by Gasteiger charge is -2.36. The quantitative estimate of drug-likeness (QED) is 0.833. The number of rotatable bonds is 1. The van der Waals surface area contributed by atoms with E-state index in [1.165, 1.54) is 17.8 Å². The minimum Gasteiger partial charge on any atom is -0.369 e. The van der Waals surface area contributed by atoms with E-state index in [0.717, 1.165) is 35.7 Å². The van der Waals surface area contributed by atoms with Gasteiger partial charge in [-0.25, -0.2) is 0 Å². The Hall–Kier alpha value is -1.14. The molecule has 1 aromatic rings. The monoisotopic (exact) mass is 300 g/mol. The van der Waals surface area contributed by atoms with Crippen LogP contribution in [0.4, 0.5) is 13.2 Å². The highest BCUT2D eigenvalue weighted by Crippen LogP contribution is 2.31. The first-order valence-electron chi connectivity index (χ1n) is 6.49. The van der Waals surface area contributed by atoms with E-state index < -0.39 is 11.7 Å². The maximum Gasteiger partial charge on any atom is 0.416 e. The normalized spacial score (nSPS) is 26.4. The Morgan fingerprint density at radius 1 is 1.15 bits per heavy atom. The van der Waals surface area contributed by atoms with Crippen LogP contribution in [0.3, 0.4) is 0 Å². The van der Waals surface area contributed by atoms with Crippen LogP contribution in [-0.4, -0.2) is 18.1 Å². The van der Waals surface area contributed by atoms with Gasteiger partial charge < -0.3 is 5.32 Å². The first-order chi connectivity index (χ1) is 9.54. The zero-order chi connectivity index (χ0) is 14.2. The summed E-state index contributed by atoms with van der Waals surface area (Å²) in [5.74, 6) is 2.57. The van der Waals surface area contributed by atoms with Crippen molar-refractivity contribution in [1.82, 2.24) is 10.6 Å². The average molecular weight is 300 g/mol. The van der Waals surface area contributed by atoms with Crippen molar-refractivity contribution in [3.63, 3.8) is 0 Å². The first-order valence-corrected chi connectivity index (χ1v) is 7.64. The SMILES string of the molecule is FC(F)(F)c1ccc(C2NCC3CSCC=C3N2)cc1. The molecule has 108 valence electrons. The van der Waals surface area contributed by atoms with Crippen LogP contribution in [0.1, 0.15) is 17.3 Å². The van der Waals surface area contributed by atoms with Crippen LogP contribution in [0, 0.1) is 5.92 Å². The standard InChI is InChI=1S/C14H15F3N2S/c15-14(16,17)11-3-1-9(2-4-11)13-18-7-10-8-20-6-5-12(10)19-13/h1-5,10,13,18-19H,6-8H2. The number of halogens is 3. The Kier molecular flexibility index (Phi) is 3.69. The lowest BCUT2D eigenvalue weighted by Crippen LogP contribution is -2.46. The van der Waals surface area contributed by atoms with Gasteiger partial charge in [-0.15, -0.1) is 0 Å². The van der Waals surface area contributed by atoms with Crippen LogP contribution >= 0.6 is 11.8 Å². The van der Waals surface area contributed by atoms with E-state index in [0.29, 0.717) is 5.92 Å². The molecule has 2 atom stereocenters. The average Bonchev–Trinajstić information content (AvgIpc) is 2.46. The van der Waals surface area contributed by atoms with Gasteiger partial charge in [-0.05, 0) is 17.7 Å². The minimum atomic E-state index is -4.28. The summed E-state index contributed by atoms with van der Waals surface area (Å²) in [6, 6.07) is 5.34. The molecule has 0 radical (unpaired) electrons. The molecule has 0 amide bonds. The molecule has 1 fully saturated rings. The highest BCUT2D eigenvalue weighted by atomic mass is 32.2. The number of thioether (sulfide) groups is 1. The second-order valence-corrected chi connectivity index (χ2v) is 6.07. The Balaban J connectivity index is 1.75. The Labute approximate surface area is 119 Å². The third-order valence-electron chi connectivity index (χ3n) is 3.63. The van der Waals surface area contributed by atoms with E-state index in [-0.39, 0.29) is 6.17 Å². The Bertz CT molecular complexity index is 510. The largest absolute Gasteiger partial charge is 0.416 e. The molecule has 20 heavy (non-hydrogen) atoms. The van der Waals surface area contributed by atoms with Crippen molar-refractivity contribution >= 4 is 11.8 Å². The molecule has 0 aliphatic carbocycles. The summed E-state index contributed by atoms with van der Waals surface area (Å²) in [6.07, 6.45) is -2.21. The predicted octanol–water partition coefficient (Wildman–Crippen LogP) is 3.14. The predicted molar refractivity (Wildman–Crippen MR) is 74.2 cm³/mol. The fraction of sp³-hybridized carbons (Fsp3) is 0.429. The zero-order valence-electron chi connectivity index (χ0n) is 10.7. The van der Waals surface area contributed by atoms with Gasteiger partial charge in [-0.3, -0.25) is 5.32 Å². The first kappa shape index (κ1) is 13.8. The molecule has 0 spiro atoms. The van der Waals surface area contributed by atoms with Crippen molar-refractivity contribution in [2.75, 3.05) is 18.1 Å². The molecule has 0 saturated carbocycles. The highest BCUT2D eigenvalue weighted by Gasteiger charge is 2.31. The Morgan fingerprint density at radius 3 is 2.60 bits per heavy atom. The van der Waals surface area contributed by atoms with Crippen LogP contribution in [0.2, 0.25) is 0 Å². The third-order valence-corrected chi connectivity index (χ3v) is 4.67. The van der Waals surface area contributed by atoms with Crippen LogP contribution < -0.4 is 10.6 Å². The fourth-order valence-electron chi connectivity index (χ4n) is 2.50. The maximum absolute atomic E-state index is 12.5. The molecule has 2 nitrogen and oxygen atoms in total. The molecular formula is C14H15F3N2S. The molecule has 2 unspecified atom stereocenters. The lowest BCUT2D eigenvalue weighted by molar-refractivity contribution is -0.137. The number of alkyl halides is 3. The van der Waals surface area contributed by atoms with Crippen LogP contribution in [0.5, 0.6) is 0 Å². The van der Waals surface area contributed by atoms with Gasteiger partial charge in [0.25, 0.3) is 0 Å². The number of nitrogens with one attached hydrogen (secondary N) is 2. The van der Waals surface area contributed by atoms with E-state index in [2.05, 4.69) is 16.7 Å². The van der Waals surface area contributed by atoms with E-state index in [1.54, 1.807) is 0 Å². The van der Waals surface area contributed by atoms with E-state index in [4.69, 9.17) is 0 Å². The van der Waals surface area contributed by atoms with Gasteiger partial charge in [-0.1, -0.05) is 18.2 Å². The zero-order valence-corrected chi connectivity index (χ0v) is 11.5. The summed E-state index contributed by atoms with van der Waals surface area (Å²) in [7, 11) is 0. The van der Waals surface area contributed by atoms with Crippen molar-refractivity contribution in [2.45, 2.75) is 12.3 Å². The molecule has 0 bridgehead atoms. The van der Waals surface area contributed by atoms with Crippen LogP contribution in [0.15, 0.2) is 36.0 Å². The van der Waals surface area contributed by atoms with Gasteiger partial charge in [0.1, 0.15) is 6.17 Å². The van der Waals surface area contributed by atoms with E-state index in [1.807, 2.05) is 11.8 Å². The summed E-state index contributed by atoms with van der Waals surface area (Å²) >= 11 is 1.90. The molecule has 1 aromatic carbocycles. The second kappa shape index (κ2) is 5.33. The second-order valence-electron chi connectivity index (χ2n) is 5.00. The van der Waals surface area contributed by atoms with Crippen molar-refractivity contribution < 1.29 is 13.2 Å². The van der Waals surface area contributed by atoms with Gasteiger partial charge in [-0.2, -0.15) is 24.9 Å². The third kappa shape index (κ3) is 2.81. The van der Waals surface area contributed by atoms with Crippen molar-refractivity contribution in [1.29, 1.82) is 0 Å². The molecule has 2 aliphatic heterocycles. The summed E-state index contributed by atoms with van der Waals surface area (Å²) < 4.78 is 37.6. The number of hydrogen-bond donors (Lipinski definition) is 2. The van der Waals surface area contributed by atoms with Crippen LogP contribution in [0.25, 0.3) is 0 Å². The van der Waals surface area contributed by atoms with Crippen molar-refractivity contribution in [2.24, 2.45) is 5.92 Å². The van der Waals surface area contributed by atoms with Gasteiger partial charge in [0, 0.05) is 29.7 Å². The molecule has 6 heteroatoms. The molecule has 2 aliphatic rings. The maximum atomic E-state index is 12.5. The molecule has 2 heterocycles. The molecule has 1 saturated heterocycles.